The van der Waals surface area contributed by atoms with E-state index in [4.69, 9.17) is 4.42 Å². The van der Waals surface area contributed by atoms with Crippen molar-refractivity contribution >= 4 is 6.01 Å². The first-order valence-electron chi connectivity index (χ1n) is 6.09. The molecule has 16 heavy (non-hydrogen) atoms. The van der Waals surface area contributed by atoms with Crippen molar-refractivity contribution in [1.29, 1.82) is 0 Å². The van der Waals surface area contributed by atoms with E-state index in [-0.39, 0.29) is 6.04 Å². The van der Waals surface area contributed by atoms with Crippen molar-refractivity contribution in [2.75, 3.05) is 18.0 Å². The largest absolute Gasteiger partial charge is 0.406 e. The molecule has 0 bridgehead atoms. The van der Waals surface area contributed by atoms with E-state index in [0.717, 1.165) is 13.1 Å². The molecule has 5 heteroatoms. The van der Waals surface area contributed by atoms with Gasteiger partial charge in [0.1, 0.15) is 0 Å². The fraction of sp³-hybridized carbons (Fsp3) is 0.818. The standard InChI is InChI=1S/C11H20N4O/c1-4-12-8(3)10-13-14-11(16-10)15(5-2)9-6-7-9/h8-9,12H,4-7H2,1-3H3. The molecule has 1 aromatic heterocycles. The van der Waals surface area contributed by atoms with Gasteiger partial charge in [0.05, 0.1) is 6.04 Å². The molecular weight excluding hydrogens is 204 g/mol. The monoisotopic (exact) mass is 224 g/mol. The lowest BCUT2D eigenvalue weighted by molar-refractivity contribution is 0.419. The smallest absolute Gasteiger partial charge is 0.318 e. The lowest BCUT2D eigenvalue weighted by atomic mass is 10.3. The van der Waals surface area contributed by atoms with Gasteiger partial charge >= 0.3 is 6.01 Å². The van der Waals surface area contributed by atoms with Gasteiger partial charge in [-0.2, -0.15) is 0 Å². The zero-order valence-corrected chi connectivity index (χ0v) is 10.2. The summed E-state index contributed by atoms with van der Waals surface area (Å²) in [6.45, 7) is 8.06. The molecule has 1 aliphatic carbocycles. The molecule has 1 atom stereocenters. The SMILES string of the molecule is CCNC(C)c1nnc(N(CC)C2CC2)o1. The number of hydrogen-bond acceptors (Lipinski definition) is 5. The van der Waals surface area contributed by atoms with Gasteiger partial charge in [-0.3, -0.25) is 0 Å². The molecule has 1 aromatic rings. The van der Waals surface area contributed by atoms with Crippen molar-refractivity contribution in [2.24, 2.45) is 0 Å². The first-order chi connectivity index (χ1) is 7.76. The molecule has 0 spiro atoms. The average molecular weight is 224 g/mol. The third kappa shape index (κ3) is 2.35. The van der Waals surface area contributed by atoms with Crippen LogP contribution in [0.4, 0.5) is 6.01 Å². The third-order valence-electron chi connectivity index (χ3n) is 2.88. The van der Waals surface area contributed by atoms with Crippen molar-refractivity contribution < 1.29 is 4.42 Å². The zero-order valence-electron chi connectivity index (χ0n) is 10.2. The molecule has 5 nitrogen and oxygen atoms in total. The van der Waals surface area contributed by atoms with Crippen LogP contribution in [0.15, 0.2) is 4.42 Å². The maximum atomic E-state index is 5.69. The molecule has 1 saturated carbocycles. The molecule has 90 valence electrons. The van der Waals surface area contributed by atoms with Crippen molar-refractivity contribution in [2.45, 2.75) is 45.7 Å². The van der Waals surface area contributed by atoms with Crippen LogP contribution in [-0.2, 0) is 0 Å². The minimum Gasteiger partial charge on any atom is -0.406 e. The average Bonchev–Trinajstić information content (AvgIpc) is 2.97. The van der Waals surface area contributed by atoms with Crippen molar-refractivity contribution in [3.05, 3.63) is 5.89 Å². The minimum atomic E-state index is 0.129. The van der Waals surface area contributed by atoms with Gasteiger partial charge in [0, 0.05) is 12.6 Å². The molecule has 0 amide bonds. The Balaban J connectivity index is 2.05. The fourth-order valence-corrected chi connectivity index (χ4v) is 1.85. The lowest BCUT2D eigenvalue weighted by Crippen LogP contribution is -2.25. The van der Waals surface area contributed by atoms with Gasteiger partial charge in [-0.1, -0.05) is 12.0 Å². The van der Waals surface area contributed by atoms with E-state index >= 15 is 0 Å². The second-order valence-electron chi connectivity index (χ2n) is 4.22. The quantitative estimate of drug-likeness (QED) is 0.797. The summed E-state index contributed by atoms with van der Waals surface area (Å²) in [6, 6.07) is 1.42. The van der Waals surface area contributed by atoms with Crippen LogP contribution in [0, 0.1) is 0 Å². The van der Waals surface area contributed by atoms with Gasteiger partial charge in [0.15, 0.2) is 0 Å². The summed E-state index contributed by atoms with van der Waals surface area (Å²) in [7, 11) is 0. The summed E-state index contributed by atoms with van der Waals surface area (Å²) in [6.07, 6.45) is 2.49. The molecule has 0 aromatic carbocycles. The number of rotatable bonds is 6. The second-order valence-corrected chi connectivity index (χ2v) is 4.22. The third-order valence-corrected chi connectivity index (χ3v) is 2.88. The molecule has 0 aliphatic heterocycles. The molecule has 1 fully saturated rings. The summed E-state index contributed by atoms with van der Waals surface area (Å²) in [4.78, 5) is 2.19. The Morgan fingerprint density at radius 3 is 2.75 bits per heavy atom. The van der Waals surface area contributed by atoms with E-state index in [1.807, 2.05) is 6.92 Å². The van der Waals surface area contributed by atoms with Crippen molar-refractivity contribution in [3.8, 4) is 0 Å². The van der Waals surface area contributed by atoms with E-state index < -0.39 is 0 Å². The van der Waals surface area contributed by atoms with Crippen LogP contribution in [0.2, 0.25) is 0 Å². The van der Waals surface area contributed by atoms with Gasteiger partial charge in [-0.05, 0) is 33.2 Å². The Bertz CT molecular complexity index is 334. The molecule has 2 rings (SSSR count). The van der Waals surface area contributed by atoms with Gasteiger partial charge < -0.3 is 14.6 Å². The van der Waals surface area contributed by atoms with E-state index in [9.17, 15) is 0 Å². The van der Waals surface area contributed by atoms with Gasteiger partial charge in [-0.25, -0.2) is 0 Å². The zero-order chi connectivity index (χ0) is 11.5. The Kier molecular flexibility index (Phi) is 3.43. The summed E-state index contributed by atoms with van der Waals surface area (Å²) in [5, 5.41) is 11.5. The molecule has 0 radical (unpaired) electrons. The van der Waals surface area contributed by atoms with Gasteiger partial charge in [-0.15, -0.1) is 5.10 Å². The number of nitrogens with one attached hydrogen (secondary N) is 1. The van der Waals surface area contributed by atoms with Gasteiger partial charge in [0.25, 0.3) is 0 Å². The number of hydrogen-bond donors (Lipinski definition) is 1. The molecule has 1 N–H and O–H groups in total. The lowest BCUT2D eigenvalue weighted by Gasteiger charge is -2.16. The van der Waals surface area contributed by atoms with Crippen LogP contribution >= 0.6 is 0 Å². The predicted octanol–water partition coefficient (Wildman–Crippen LogP) is 1.73. The van der Waals surface area contributed by atoms with E-state index in [2.05, 4.69) is 34.3 Å². The summed E-state index contributed by atoms with van der Waals surface area (Å²) < 4.78 is 5.69. The van der Waals surface area contributed by atoms with E-state index in [0.29, 0.717) is 17.9 Å². The highest BCUT2D eigenvalue weighted by atomic mass is 16.4. The van der Waals surface area contributed by atoms with Crippen molar-refractivity contribution in [3.63, 3.8) is 0 Å². The maximum absolute atomic E-state index is 5.69. The maximum Gasteiger partial charge on any atom is 0.318 e. The molecule has 0 saturated heterocycles. The Hall–Kier alpha value is -1.10. The topological polar surface area (TPSA) is 54.2 Å². The first kappa shape index (κ1) is 11.4. The molecule has 1 aliphatic rings. The van der Waals surface area contributed by atoms with Gasteiger partial charge in [0.2, 0.25) is 5.89 Å². The number of anilines is 1. The normalized spacial score (nSPS) is 17.4. The highest BCUT2D eigenvalue weighted by Gasteiger charge is 2.31. The molecule has 1 heterocycles. The second kappa shape index (κ2) is 4.82. The van der Waals surface area contributed by atoms with Crippen LogP contribution in [0.5, 0.6) is 0 Å². The summed E-state index contributed by atoms with van der Waals surface area (Å²) in [5.41, 5.74) is 0. The highest BCUT2D eigenvalue weighted by molar-refractivity contribution is 5.29. The van der Waals surface area contributed by atoms with Crippen LogP contribution in [0.3, 0.4) is 0 Å². The summed E-state index contributed by atoms with van der Waals surface area (Å²) >= 11 is 0. The number of nitrogens with zero attached hydrogens (tertiary/aromatic N) is 3. The van der Waals surface area contributed by atoms with E-state index in [1.165, 1.54) is 12.8 Å². The summed E-state index contributed by atoms with van der Waals surface area (Å²) in [5.74, 6) is 0.677. The van der Waals surface area contributed by atoms with Crippen molar-refractivity contribution in [1.82, 2.24) is 15.5 Å². The van der Waals surface area contributed by atoms with Crippen LogP contribution < -0.4 is 10.2 Å². The Morgan fingerprint density at radius 1 is 1.44 bits per heavy atom. The number of aromatic nitrogens is 2. The predicted molar refractivity (Wildman–Crippen MR) is 62.4 cm³/mol. The first-order valence-corrected chi connectivity index (χ1v) is 6.09. The molecular formula is C11H20N4O. The Labute approximate surface area is 96.2 Å². The fourth-order valence-electron chi connectivity index (χ4n) is 1.85. The van der Waals surface area contributed by atoms with Crippen LogP contribution in [0.25, 0.3) is 0 Å². The molecule has 1 unspecified atom stereocenters. The van der Waals surface area contributed by atoms with Crippen LogP contribution in [0.1, 0.15) is 45.5 Å². The van der Waals surface area contributed by atoms with E-state index in [1.54, 1.807) is 0 Å². The van der Waals surface area contributed by atoms with Crippen LogP contribution in [-0.4, -0.2) is 29.3 Å². The Morgan fingerprint density at radius 2 is 2.19 bits per heavy atom. The minimum absolute atomic E-state index is 0.129. The highest BCUT2D eigenvalue weighted by Crippen LogP contribution is 2.31.